The second kappa shape index (κ2) is 7.43. The molecule has 2 heterocycles. The number of anilines is 1. The molecule has 0 radical (unpaired) electrons. The van der Waals surface area contributed by atoms with E-state index >= 15 is 0 Å². The molecule has 0 aliphatic heterocycles. The van der Waals surface area contributed by atoms with Crippen LogP contribution in [0.1, 0.15) is 17.2 Å². The van der Waals surface area contributed by atoms with Crippen LogP contribution in [0.3, 0.4) is 0 Å². The van der Waals surface area contributed by atoms with Crippen LogP contribution in [-0.4, -0.2) is 15.1 Å². The number of nitrogens with one attached hydrogen (secondary N) is 1. The molecular weight excluding hydrogens is 381 g/mol. The Morgan fingerprint density at radius 1 is 0.963 bits per heavy atom. The van der Waals surface area contributed by atoms with Crippen LogP contribution in [0.5, 0.6) is 5.75 Å². The van der Waals surface area contributed by atoms with E-state index < -0.39 is 0 Å². The van der Waals surface area contributed by atoms with E-state index in [1.807, 2.05) is 42.5 Å². The Bertz CT molecular complexity index is 1090. The van der Waals surface area contributed by atoms with Crippen molar-refractivity contribution >= 4 is 39.8 Å². The third kappa shape index (κ3) is 3.54. The Kier molecular flexibility index (Phi) is 4.84. The minimum Gasteiger partial charge on any atom is -0.505 e. The van der Waals surface area contributed by atoms with Gasteiger partial charge in [-0.1, -0.05) is 35.3 Å². The molecule has 1 atom stereocenters. The van der Waals surface area contributed by atoms with Crippen molar-refractivity contribution in [1.29, 1.82) is 0 Å². The summed E-state index contributed by atoms with van der Waals surface area (Å²) in [6.07, 6.45) is 5.06. The fourth-order valence-electron chi connectivity index (χ4n) is 3.04. The van der Waals surface area contributed by atoms with Crippen LogP contribution in [-0.2, 0) is 0 Å². The van der Waals surface area contributed by atoms with E-state index in [9.17, 15) is 5.11 Å². The van der Waals surface area contributed by atoms with Crippen molar-refractivity contribution in [3.8, 4) is 5.75 Å². The Balaban J connectivity index is 1.89. The zero-order chi connectivity index (χ0) is 18.8. The van der Waals surface area contributed by atoms with Gasteiger partial charge in [-0.15, -0.1) is 0 Å². The number of phenolic OH excluding ortho intramolecular Hbond substituents is 1. The largest absolute Gasteiger partial charge is 0.505 e. The average Bonchev–Trinajstić information content (AvgIpc) is 2.71. The van der Waals surface area contributed by atoms with Gasteiger partial charge in [-0.3, -0.25) is 9.97 Å². The van der Waals surface area contributed by atoms with Gasteiger partial charge < -0.3 is 10.4 Å². The van der Waals surface area contributed by atoms with Crippen molar-refractivity contribution in [2.75, 3.05) is 5.32 Å². The molecule has 0 aliphatic carbocycles. The number of phenols is 1. The van der Waals surface area contributed by atoms with E-state index in [1.165, 1.54) is 0 Å². The molecule has 0 unspecified atom stereocenters. The lowest BCUT2D eigenvalue weighted by Gasteiger charge is -2.23. The molecule has 0 bridgehead atoms. The van der Waals surface area contributed by atoms with E-state index in [2.05, 4.69) is 15.3 Å². The molecule has 2 aromatic carbocycles. The summed E-state index contributed by atoms with van der Waals surface area (Å²) >= 11 is 12.5. The fourth-order valence-corrected chi connectivity index (χ4v) is 3.43. The highest BCUT2D eigenvalue weighted by molar-refractivity contribution is 6.35. The monoisotopic (exact) mass is 395 g/mol. The van der Waals surface area contributed by atoms with Gasteiger partial charge in [0.05, 0.1) is 16.8 Å². The number of hydrogen-bond donors (Lipinski definition) is 2. The molecule has 134 valence electrons. The third-order valence-corrected chi connectivity index (χ3v) is 4.90. The number of nitrogens with zero attached hydrogens (tertiary/aromatic N) is 2. The van der Waals surface area contributed by atoms with Crippen LogP contribution >= 0.6 is 23.2 Å². The van der Waals surface area contributed by atoms with Gasteiger partial charge in [0.15, 0.2) is 0 Å². The molecule has 0 amide bonds. The summed E-state index contributed by atoms with van der Waals surface area (Å²) in [7, 11) is 0. The highest BCUT2D eigenvalue weighted by Crippen LogP contribution is 2.39. The number of hydrogen-bond acceptors (Lipinski definition) is 4. The van der Waals surface area contributed by atoms with Gasteiger partial charge >= 0.3 is 0 Å². The zero-order valence-electron chi connectivity index (χ0n) is 14.1. The van der Waals surface area contributed by atoms with Crippen LogP contribution in [0.2, 0.25) is 10.0 Å². The molecule has 0 fully saturated rings. The molecule has 6 heteroatoms. The van der Waals surface area contributed by atoms with Crippen molar-refractivity contribution in [1.82, 2.24) is 9.97 Å². The smallest absolute Gasteiger partial charge is 0.147 e. The molecule has 0 saturated carbocycles. The molecule has 4 aromatic rings. The summed E-state index contributed by atoms with van der Waals surface area (Å²) in [5.74, 6) is 0.0892. The Hall–Kier alpha value is -2.82. The first-order valence-electron chi connectivity index (χ1n) is 8.31. The molecular formula is C21H15Cl2N3O. The number of benzene rings is 2. The van der Waals surface area contributed by atoms with Crippen molar-refractivity contribution in [2.45, 2.75) is 6.04 Å². The number of rotatable bonds is 4. The summed E-state index contributed by atoms with van der Waals surface area (Å²) in [6.45, 7) is 0. The lowest BCUT2D eigenvalue weighted by molar-refractivity contribution is 0.472. The first-order chi connectivity index (χ1) is 13.1. The van der Waals surface area contributed by atoms with Crippen molar-refractivity contribution < 1.29 is 5.11 Å². The topological polar surface area (TPSA) is 58.0 Å². The Morgan fingerprint density at radius 3 is 2.48 bits per heavy atom. The lowest BCUT2D eigenvalue weighted by atomic mass is 9.96. The van der Waals surface area contributed by atoms with Crippen molar-refractivity contribution in [3.05, 3.63) is 94.4 Å². The highest BCUT2D eigenvalue weighted by atomic mass is 35.5. The van der Waals surface area contributed by atoms with Crippen LogP contribution < -0.4 is 5.32 Å². The second-order valence-electron chi connectivity index (χ2n) is 6.07. The summed E-state index contributed by atoms with van der Waals surface area (Å²) in [6, 6.07) is 16.2. The van der Waals surface area contributed by atoms with Gasteiger partial charge in [-0.2, -0.15) is 0 Å². The number of aromatic nitrogens is 2. The first-order valence-corrected chi connectivity index (χ1v) is 9.07. The van der Waals surface area contributed by atoms with Crippen LogP contribution in [0.4, 0.5) is 5.69 Å². The molecule has 27 heavy (non-hydrogen) atoms. The van der Waals surface area contributed by atoms with E-state index in [0.29, 0.717) is 26.5 Å². The van der Waals surface area contributed by atoms with E-state index in [-0.39, 0.29) is 11.8 Å². The SMILES string of the molecule is Oc1c([C@H](Nc2cccnc2)c2ccc(Cl)cc2)cc(Cl)c2cccnc12. The maximum Gasteiger partial charge on any atom is 0.147 e. The van der Waals surface area contributed by atoms with Crippen LogP contribution in [0, 0.1) is 0 Å². The van der Waals surface area contributed by atoms with Gasteiger partial charge in [0.1, 0.15) is 11.3 Å². The summed E-state index contributed by atoms with van der Waals surface area (Å²) in [5.41, 5.74) is 2.82. The molecule has 0 spiro atoms. The van der Waals surface area contributed by atoms with E-state index in [4.69, 9.17) is 23.2 Å². The standard InChI is InChI=1S/C21H15Cl2N3O/c22-14-7-5-13(6-8-14)19(26-15-3-1-9-24-12-15)17-11-18(23)16-4-2-10-25-20(16)21(17)27/h1-12,19,26-27H/t19-/m1/s1. The molecule has 4 rings (SSSR count). The predicted molar refractivity (Wildman–Crippen MR) is 110 cm³/mol. The van der Waals surface area contributed by atoms with Crippen LogP contribution in [0.25, 0.3) is 10.9 Å². The van der Waals surface area contributed by atoms with E-state index in [1.54, 1.807) is 30.7 Å². The lowest BCUT2D eigenvalue weighted by Crippen LogP contribution is -2.13. The minimum atomic E-state index is -0.365. The van der Waals surface area contributed by atoms with Gasteiger partial charge in [-0.25, -0.2) is 0 Å². The number of fused-ring (bicyclic) bond motifs is 1. The van der Waals surface area contributed by atoms with Gasteiger partial charge in [-0.05, 0) is 48.0 Å². The second-order valence-corrected chi connectivity index (χ2v) is 6.91. The van der Waals surface area contributed by atoms with Crippen molar-refractivity contribution in [2.24, 2.45) is 0 Å². The van der Waals surface area contributed by atoms with Gasteiger partial charge in [0.2, 0.25) is 0 Å². The average molecular weight is 396 g/mol. The zero-order valence-corrected chi connectivity index (χ0v) is 15.6. The fraction of sp³-hybridized carbons (Fsp3) is 0.0476. The van der Waals surface area contributed by atoms with E-state index in [0.717, 1.165) is 11.3 Å². The third-order valence-electron chi connectivity index (χ3n) is 4.33. The molecule has 2 aromatic heterocycles. The Labute approximate surface area is 166 Å². The quantitative estimate of drug-likeness (QED) is 0.455. The summed E-state index contributed by atoms with van der Waals surface area (Å²) in [4.78, 5) is 8.45. The summed E-state index contributed by atoms with van der Waals surface area (Å²) in [5, 5.41) is 16.2. The predicted octanol–water partition coefficient (Wildman–Crippen LogP) is 5.84. The highest BCUT2D eigenvalue weighted by Gasteiger charge is 2.21. The maximum atomic E-state index is 10.9. The first kappa shape index (κ1) is 17.6. The van der Waals surface area contributed by atoms with Crippen molar-refractivity contribution in [3.63, 3.8) is 0 Å². The van der Waals surface area contributed by atoms with Crippen LogP contribution in [0.15, 0.2) is 73.2 Å². The van der Waals surface area contributed by atoms with Gasteiger partial charge in [0, 0.05) is 34.6 Å². The molecule has 2 N–H and O–H groups in total. The summed E-state index contributed by atoms with van der Waals surface area (Å²) < 4.78 is 0. The molecule has 4 nitrogen and oxygen atoms in total. The minimum absolute atomic E-state index is 0.0892. The number of halogens is 2. The van der Waals surface area contributed by atoms with Gasteiger partial charge in [0.25, 0.3) is 0 Å². The molecule has 0 aliphatic rings. The maximum absolute atomic E-state index is 10.9. The number of aromatic hydroxyl groups is 1. The molecule has 0 saturated heterocycles. The Morgan fingerprint density at radius 2 is 1.74 bits per heavy atom. The number of pyridine rings is 2. The normalized spacial score (nSPS) is 12.1.